The first-order chi connectivity index (χ1) is 10.1. The first kappa shape index (κ1) is 15.5. The molecule has 3 heteroatoms. The van der Waals surface area contributed by atoms with Crippen LogP contribution >= 0.6 is 0 Å². The van der Waals surface area contributed by atoms with Crippen LogP contribution in [-0.2, 0) is 6.42 Å². The van der Waals surface area contributed by atoms with Crippen LogP contribution < -0.4 is 10.1 Å². The van der Waals surface area contributed by atoms with E-state index in [9.17, 15) is 4.39 Å². The lowest BCUT2D eigenvalue weighted by Gasteiger charge is -2.19. The Bertz CT molecular complexity index is 625. The summed E-state index contributed by atoms with van der Waals surface area (Å²) in [4.78, 5) is 0. The Balaban J connectivity index is 2.29. The molecule has 2 aromatic carbocycles. The summed E-state index contributed by atoms with van der Waals surface area (Å²) in [7, 11) is 3.34. The summed E-state index contributed by atoms with van der Waals surface area (Å²) >= 11 is 0. The highest BCUT2D eigenvalue weighted by atomic mass is 19.1. The molecule has 1 atom stereocenters. The molecule has 0 saturated carbocycles. The Morgan fingerprint density at radius 2 is 1.90 bits per heavy atom. The van der Waals surface area contributed by atoms with Gasteiger partial charge in [-0.15, -0.1) is 0 Å². The van der Waals surface area contributed by atoms with Crippen LogP contribution in [0.5, 0.6) is 5.75 Å². The van der Waals surface area contributed by atoms with Crippen molar-refractivity contribution in [2.24, 2.45) is 0 Å². The first-order valence-electron chi connectivity index (χ1n) is 7.12. The van der Waals surface area contributed by atoms with Crippen LogP contribution in [0, 0.1) is 19.7 Å². The highest BCUT2D eigenvalue weighted by Crippen LogP contribution is 2.27. The summed E-state index contributed by atoms with van der Waals surface area (Å²) in [5.74, 6) is -0.00368. The third-order valence-corrected chi connectivity index (χ3v) is 3.95. The molecule has 0 aliphatic carbocycles. The number of hydrogen-bond donors (Lipinski definition) is 1. The Morgan fingerprint density at radius 3 is 2.52 bits per heavy atom. The van der Waals surface area contributed by atoms with Gasteiger partial charge in [0.2, 0.25) is 0 Å². The van der Waals surface area contributed by atoms with E-state index in [-0.39, 0.29) is 17.6 Å². The van der Waals surface area contributed by atoms with E-state index in [2.05, 4.69) is 37.4 Å². The van der Waals surface area contributed by atoms with Crippen LogP contribution in [0.25, 0.3) is 0 Å². The van der Waals surface area contributed by atoms with Gasteiger partial charge in [0.25, 0.3) is 0 Å². The molecule has 1 N–H and O–H groups in total. The topological polar surface area (TPSA) is 21.3 Å². The Labute approximate surface area is 126 Å². The maximum atomic E-state index is 14.4. The van der Waals surface area contributed by atoms with E-state index in [4.69, 9.17) is 4.74 Å². The highest BCUT2D eigenvalue weighted by molar-refractivity contribution is 5.35. The lowest BCUT2D eigenvalue weighted by atomic mass is 9.96. The molecule has 0 heterocycles. The number of rotatable bonds is 5. The molecule has 0 saturated heterocycles. The van der Waals surface area contributed by atoms with Crippen molar-refractivity contribution in [3.8, 4) is 5.75 Å². The van der Waals surface area contributed by atoms with Crippen molar-refractivity contribution in [1.82, 2.24) is 5.32 Å². The molecule has 112 valence electrons. The Kier molecular flexibility index (Phi) is 4.97. The maximum absolute atomic E-state index is 14.4. The number of ether oxygens (including phenoxy) is 1. The van der Waals surface area contributed by atoms with Crippen molar-refractivity contribution >= 4 is 0 Å². The van der Waals surface area contributed by atoms with E-state index in [1.165, 1.54) is 23.8 Å². The summed E-state index contributed by atoms with van der Waals surface area (Å²) in [5.41, 5.74) is 4.36. The molecule has 0 radical (unpaired) electrons. The zero-order chi connectivity index (χ0) is 15.4. The van der Waals surface area contributed by atoms with E-state index >= 15 is 0 Å². The summed E-state index contributed by atoms with van der Waals surface area (Å²) in [6.45, 7) is 4.19. The van der Waals surface area contributed by atoms with Gasteiger partial charge >= 0.3 is 0 Å². The molecule has 0 fully saturated rings. The quantitative estimate of drug-likeness (QED) is 0.899. The summed E-state index contributed by atoms with van der Waals surface area (Å²) < 4.78 is 19.5. The van der Waals surface area contributed by atoms with Gasteiger partial charge in [-0.2, -0.15) is 0 Å². The Morgan fingerprint density at radius 1 is 1.14 bits per heavy atom. The monoisotopic (exact) mass is 287 g/mol. The van der Waals surface area contributed by atoms with E-state index in [1.54, 1.807) is 12.1 Å². The molecular formula is C18H22FNO. The van der Waals surface area contributed by atoms with Gasteiger partial charge < -0.3 is 10.1 Å². The van der Waals surface area contributed by atoms with Crippen LogP contribution in [0.2, 0.25) is 0 Å². The third-order valence-electron chi connectivity index (χ3n) is 3.95. The fourth-order valence-electron chi connectivity index (χ4n) is 2.49. The van der Waals surface area contributed by atoms with E-state index in [1.807, 2.05) is 13.1 Å². The summed E-state index contributed by atoms with van der Waals surface area (Å²) in [6, 6.07) is 11.6. The van der Waals surface area contributed by atoms with Crippen molar-refractivity contribution in [3.05, 3.63) is 64.5 Å². The number of methoxy groups -OCH3 is 1. The van der Waals surface area contributed by atoms with Crippen molar-refractivity contribution in [2.75, 3.05) is 14.2 Å². The minimum atomic E-state index is -0.289. The Hall–Kier alpha value is -1.87. The molecule has 21 heavy (non-hydrogen) atoms. The fourth-order valence-corrected chi connectivity index (χ4v) is 2.49. The molecule has 1 unspecified atom stereocenters. The van der Waals surface area contributed by atoms with E-state index in [0.717, 1.165) is 6.42 Å². The molecule has 0 bridgehead atoms. The normalized spacial score (nSPS) is 12.2. The van der Waals surface area contributed by atoms with Gasteiger partial charge in [0, 0.05) is 11.6 Å². The van der Waals surface area contributed by atoms with Gasteiger partial charge in [-0.25, -0.2) is 4.39 Å². The first-order valence-corrected chi connectivity index (χ1v) is 7.12. The number of aryl methyl sites for hydroxylation is 2. The van der Waals surface area contributed by atoms with Crippen molar-refractivity contribution < 1.29 is 9.13 Å². The van der Waals surface area contributed by atoms with Crippen LogP contribution in [-0.4, -0.2) is 14.2 Å². The van der Waals surface area contributed by atoms with Gasteiger partial charge in [0.1, 0.15) is 0 Å². The molecule has 0 aliphatic heterocycles. The van der Waals surface area contributed by atoms with E-state index in [0.29, 0.717) is 5.56 Å². The van der Waals surface area contributed by atoms with Gasteiger partial charge in [0.15, 0.2) is 11.6 Å². The highest BCUT2D eigenvalue weighted by Gasteiger charge is 2.17. The molecule has 2 nitrogen and oxygen atoms in total. The minimum absolute atomic E-state index is 0.0813. The van der Waals surface area contributed by atoms with Crippen LogP contribution in [0.1, 0.15) is 28.3 Å². The van der Waals surface area contributed by atoms with Gasteiger partial charge in [-0.05, 0) is 50.1 Å². The van der Waals surface area contributed by atoms with Crippen molar-refractivity contribution in [2.45, 2.75) is 26.3 Å². The zero-order valence-corrected chi connectivity index (χ0v) is 13.0. The SMILES string of the molecule is CNC(Cc1ccc(C)c(C)c1)c1cccc(OC)c1F. The zero-order valence-electron chi connectivity index (χ0n) is 13.0. The summed E-state index contributed by atoms with van der Waals surface area (Å²) in [6.07, 6.45) is 0.738. The number of benzene rings is 2. The average Bonchev–Trinajstić information content (AvgIpc) is 2.49. The second-order valence-corrected chi connectivity index (χ2v) is 5.33. The molecule has 2 rings (SSSR count). The largest absolute Gasteiger partial charge is 0.494 e. The molecule has 0 aliphatic rings. The number of nitrogens with one attached hydrogen (secondary N) is 1. The second-order valence-electron chi connectivity index (χ2n) is 5.33. The molecule has 0 spiro atoms. The third kappa shape index (κ3) is 3.42. The number of hydrogen-bond acceptors (Lipinski definition) is 2. The lowest BCUT2D eigenvalue weighted by molar-refractivity contribution is 0.380. The molecule has 2 aromatic rings. The van der Waals surface area contributed by atoms with Crippen LogP contribution in [0.15, 0.2) is 36.4 Å². The minimum Gasteiger partial charge on any atom is -0.494 e. The number of likely N-dealkylation sites (N-methyl/N-ethyl adjacent to an activating group) is 1. The predicted octanol–water partition coefficient (Wildman–Crippen LogP) is 3.95. The lowest BCUT2D eigenvalue weighted by Crippen LogP contribution is -2.20. The predicted molar refractivity (Wildman–Crippen MR) is 84.4 cm³/mol. The van der Waals surface area contributed by atoms with Crippen molar-refractivity contribution in [3.63, 3.8) is 0 Å². The summed E-state index contributed by atoms with van der Waals surface area (Å²) in [5, 5.41) is 3.20. The van der Waals surface area contributed by atoms with Crippen LogP contribution in [0.4, 0.5) is 4.39 Å². The second kappa shape index (κ2) is 6.72. The average molecular weight is 287 g/mol. The smallest absolute Gasteiger partial charge is 0.169 e. The van der Waals surface area contributed by atoms with Gasteiger partial charge in [-0.1, -0.05) is 30.3 Å². The standard InChI is InChI=1S/C18H22FNO/c1-12-8-9-14(10-13(12)2)11-16(20-3)15-6-5-7-17(21-4)18(15)19/h5-10,16,20H,11H2,1-4H3. The molecular weight excluding hydrogens is 265 g/mol. The maximum Gasteiger partial charge on any atom is 0.169 e. The number of halogens is 1. The van der Waals surface area contributed by atoms with Crippen molar-refractivity contribution in [1.29, 1.82) is 0 Å². The van der Waals surface area contributed by atoms with E-state index < -0.39 is 0 Å². The molecule has 0 aromatic heterocycles. The fraction of sp³-hybridized carbons (Fsp3) is 0.333. The van der Waals surface area contributed by atoms with Crippen LogP contribution in [0.3, 0.4) is 0 Å². The van der Waals surface area contributed by atoms with Gasteiger partial charge in [0.05, 0.1) is 7.11 Å². The van der Waals surface area contributed by atoms with Gasteiger partial charge in [-0.3, -0.25) is 0 Å². The molecule has 0 amide bonds.